The summed E-state index contributed by atoms with van der Waals surface area (Å²) >= 11 is 0. The molecule has 0 unspecified atom stereocenters. The predicted molar refractivity (Wildman–Crippen MR) is 141 cm³/mol. The van der Waals surface area contributed by atoms with E-state index in [4.69, 9.17) is 9.47 Å². The number of nitrogens with zero attached hydrogens (tertiary/aromatic N) is 3. The van der Waals surface area contributed by atoms with Crippen LogP contribution < -0.4 is 20.3 Å². The molecule has 0 radical (unpaired) electrons. The Hall–Kier alpha value is -4.92. The smallest absolute Gasteiger partial charge is 0.280 e. The highest BCUT2D eigenvalue weighted by Gasteiger charge is 2.28. The Bertz CT molecular complexity index is 1740. The summed E-state index contributed by atoms with van der Waals surface area (Å²) in [6, 6.07) is 20.4. The second-order valence-corrected chi connectivity index (χ2v) is 8.89. The van der Waals surface area contributed by atoms with Crippen LogP contribution in [0, 0.1) is 5.82 Å². The predicted octanol–water partition coefficient (Wildman–Crippen LogP) is 5.46. The summed E-state index contributed by atoms with van der Waals surface area (Å²) in [5.41, 5.74) is 1.86. The molecule has 2 aromatic heterocycles. The molecule has 1 aliphatic rings. The Morgan fingerprint density at radius 3 is 2.58 bits per heavy atom. The lowest BCUT2D eigenvalue weighted by Gasteiger charge is -2.12. The molecule has 6 rings (SSSR count). The van der Waals surface area contributed by atoms with Crippen LogP contribution >= 0.6 is 0 Å². The number of pyridine rings is 1. The van der Waals surface area contributed by atoms with Crippen molar-refractivity contribution in [3.8, 4) is 28.5 Å². The summed E-state index contributed by atoms with van der Waals surface area (Å²) in [5, 5.41) is 3.38. The van der Waals surface area contributed by atoms with Gasteiger partial charge < -0.3 is 14.8 Å². The van der Waals surface area contributed by atoms with Gasteiger partial charge in [0.05, 0.1) is 18.3 Å². The summed E-state index contributed by atoms with van der Waals surface area (Å²) in [6.45, 7) is 1.19. The molecule has 3 aromatic carbocycles. The van der Waals surface area contributed by atoms with E-state index in [1.165, 1.54) is 18.2 Å². The highest BCUT2D eigenvalue weighted by atomic mass is 19.1. The average molecular weight is 511 g/mol. The molecule has 0 aliphatic carbocycles. The van der Waals surface area contributed by atoms with E-state index in [0.717, 1.165) is 12.0 Å². The zero-order valence-corrected chi connectivity index (χ0v) is 20.5. The van der Waals surface area contributed by atoms with Crippen molar-refractivity contribution in [2.45, 2.75) is 19.5 Å². The minimum Gasteiger partial charge on any atom is -0.497 e. The third-order valence-corrected chi connectivity index (χ3v) is 6.57. The number of anilines is 1. The van der Waals surface area contributed by atoms with Gasteiger partial charge in [-0.2, -0.15) is 0 Å². The fraction of sp³-hybridized carbons (Fsp3) is 0.138. The third-order valence-electron chi connectivity index (χ3n) is 6.57. The van der Waals surface area contributed by atoms with Crippen molar-refractivity contribution >= 4 is 22.5 Å². The number of methoxy groups -OCH3 is 1. The number of rotatable bonds is 6. The van der Waals surface area contributed by atoms with Crippen LogP contribution in [-0.2, 0) is 13.1 Å². The molecule has 38 heavy (non-hydrogen) atoms. The van der Waals surface area contributed by atoms with Crippen molar-refractivity contribution < 1.29 is 18.7 Å². The van der Waals surface area contributed by atoms with Crippen LogP contribution in [0.15, 0.2) is 83.8 Å². The zero-order chi connectivity index (χ0) is 26.2. The molecule has 3 heterocycles. The average Bonchev–Trinajstić information content (AvgIpc) is 3.52. The maximum atomic E-state index is 15.1. The minimum absolute atomic E-state index is 0.0146. The number of hydrogen-bond acceptors (Lipinski definition) is 5. The minimum atomic E-state index is -0.666. The van der Waals surface area contributed by atoms with Crippen molar-refractivity contribution in [2.75, 3.05) is 12.4 Å². The van der Waals surface area contributed by atoms with Gasteiger partial charge in [0.1, 0.15) is 17.1 Å². The largest absolute Gasteiger partial charge is 0.497 e. The second-order valence-electron chi connectivity index (χ2n) is 8.89. The van der Waals surface area contributed by atoms with E-state index in [1.807, 2.05) is 35.0 Å². The molecular weight excluding hydrogens is 487 g/mol. The Morgan fingerprint density at radius 2 is 1.79 bits per heavy atom. The molecule has 0 saturated heterocycles. The first-order chi connectivity index (χ1) is 18.5. The Morgan fingerprint density at radius 1 is 0.974 bits per heavy atom. The third kappa shape index (κ3) is 4.07. The summed E-state index contributed by atoms with van der Waals surface area (Å²) in [5.74, 6) is -0.195. The molecular formula is C29H23FN4O4. The van der Waals surface area contributed by atoms with Gasteiger partial charge in [-0.1, -0.05) is 30.3 Å². The summed E-state index contributed by atoms with van der Waals surface area (Å²) in [7, 11) is 1.57. The summed E-state index contributed by atoms with van der Waals surface area (Å²) in [4.78, 5) is 30.8. The lowest BCUT2D eigenvalue weighted by atomic mass is 10.1. The van der Waals surface area contributed by atoms with Crippen LogP contribution in [0.25, 0.3) is 22.2 Å². The number of benzene rings is 3. The molecule has 0 atom stereocenters. The van der Waals surface area contributed by atoms with Crippen LogP contribution in [0.1, 0.15) is 16.8 Å². The number of aromatic nitrogens is 3. The summed E-state index contributed by atoms with van der Waals surface area (Å²) in [6.07, 6.45) is 2.39. The number of carbonyl (C=O) groups is 1. The highest BCUT2D eigenvalue weighted by Crippen LogP contribution is 2.33. The van der Waals surface area contributed by atoms with Gasteiger partial charge in [-0.15, -0.1) is 0 Å². The molecule has 9 heteroatoms. The molecule has 1 amide bonds. The maximum absolute atomic E-state index is 15.1. The van der Waals surface area contributed by atoms with Crippen molar-refractivity contribution in [1.82, 2.24) is 14.3 Å². The first kappa shape index (κ1) is 23.5. The van der Waals surface area contributed by atoms with Gasteiger partial charge in [-0.25, -0.2) is 9.07 Å². The highest BCUT2D eigenvalue weighted by molar-refractivity contribution is 6.08. The van der Waals surface area contributed by atoms with Gasteiger partial charge in [-0.05, 0) is 36.8 Å². The maximum Gasteiger partial charge on any atom is 0.280 e. The molecule has 0 fully saturated rings. The van der Waals surface area contributed by atoms with Crippen molar-refractivity contribution in [2.24, 2.45) is 0 Å². The zero-order valence-electron chi connectivity index (χ0n) is 20.5. The van der Waals surface area contributed by atoms with Gasteiger partial charge in [0.15, 0.2) is 11.6 Å². The Labute approximate surface area is 216 Å². The van der Waals surface area contributed by atoms with Crippen molar-refractivity contribution in [3.63, 3.8) is 0 Å². The first-order valence-electron chi connectivity index (χ1n) is 12.1. The molecule has 0 spiro atoms. The van der Waals surface area contributed by atoms with E-state index in [1.54, 1.807) is 42.3 Å². The topological polar surface area (TPSA) is 87.4 Å². The Kier molecular flexibility index (Phi) is 5.88. The number of amides is 1. The normalized spacial score (nSPS) is 12.4. The lowest BCUT2D eigenvalue weighted by molar-refractivity contribution is 0.102. The molecule has 8 nitrogen and oxygen atoms in total. The van der Waals surface area contributed by atoms with Gasteiger partial charge in [0.2, 0.25) is 0 Å². The van der Waals surface area contributed by atoms with Crippen LogP contribution in [0.2, 0.25) is 0 Å². The van der Waals surface area contributed by atoms with Gasteiger partial charge in [0.25, 0.3) is 11.5 Å². The number of halogens is 1. The Balaban J connectivity index is 1.28. The standard InChI is InChI=1S/C29H23FN4O4/c1-37-20-9-10-21-23(17-20)31-13-12-24(21)38-25-11-8-19(16-22(25)30)32-28(35)26-27(18-6-3-2-4-7-18)33-14-5-15-34(33)29(26)36/h2-4,6-13,16-17H,5,14-15H2,1H3,(H,32,35). The van der Waals surface area contributed by atoms with Crippen molar-refractivity contribution in [1.29, 1.82) is 0 Å². The molecule has 190 valence electrons. The quantitative estimate of drug-likeness (QED) is 0.328. The molecule has 1 aliphatic heterocycles. The molecule has 5 aromatic rings. The fourth-order valence-electron chi connectivity index (χ4n) is 4.80. The SMILES string of the molecule is COc1ccc2c(Oc3ccc(NC(=O)c4c(-c5ccccc5)n5n(c4=O)CCC5)cc3F)ccnc2c1. The first-order valence-corrected chi connectivity index (χ1v) is 12.1. The van der Waals surface area contributed by atoms with Crippen LogP contribution in [-0.4, -0.2) is 27.4 Å². The number of hydrogen-bond donors (Lipinski definition) is 1. The number of fused-ring (bicyclic) bond motifs is 2. The second kappa shape index (κ2) is 9.51. The van der Waals surface area contributed by atoms with E-state index in [2.05, 4.69) is 10.3 Å². The van der Waals surface area contributed by atoms with Gasteiger partial charge in [0, 0.05) is 48.1 Å². The van der Waals surface area contributed by atoms with E-state index in [-0.39, 0.29) is 22.6 Å². The van der Waals surface area contributed by atoms with Crippen molar-refractivity contribution in [3.05, 3.63) is 101 Å². The molecule has 0 saturated carbocycles. The van der Waals surface area contributed by atoms with E-state index < -0.39 is 11.7 Å². The van der Waals surface area contributed by atoms with E-state index in [0.29, 0.717) is 41.2 Å². The van der Waals surface area contributed by atoms with E-state index >= 15 is 4.39 Å². The van der Waals surface area contributed by atoms with Gasteiger partial charge >= 0.3 is 0 Å². The van der Waals surface area contributed by atoms with E-state index in [9.17, 15) is 9.59 Å². The number of ether oxygens (including phenoxy) is 2. The fourth-order valence-corrected chi connectivity index (χ4v) is 4.80. The van der Waals surface area contributed by atoms with Crippen LogP contribution in [0.3, 0.4) is 0 Å². The number of nitrogens with one attached hydrogen (secondary N) is 1. The monoisotopic (exact) mass is 510 g/mol. The number of carbonyl (C=O) groups excluding carboxylic acids is 1. The molecule has 0 bridgehead atoms. The lowest BCUT2D eigenvalue weighted by Crippen LogP contribution is -2.24. The summed E-state index contributed by atoms with van der Waals surface area (Å²) < 4.78 is 29.6. The molecule has 1 N–H and O–H groups in total. The van der Waals surface area contributed by atoms with Crippen LogP contribution in [0.4, 0.5) is 10.1 Å². The van der Waals surface area contributed by atoms with Crippen LogP contribution in [0.5, 0.6) is 17.2 Å². The van der Waals surface area contributed by atoms with Gasteiger partial charge in [-0.3, -0.25) is 19.3 Å².